The number of methoxy groups -OCH3 is 1. The van der Waals surface area contributed by atoms with Crippen LogP contribution in [0.15, 0.2) is 18.2 Å². The summed E-state index contributed by atoms with van der Waals surface area (Å²) in [5.41, 5.74) is 0.0697. The van der Waals surface area contributed by atoms with E-state index in [1.165, 1.54) is 19.3 Å². The molecular weight excluding hydrogens is 323 g/mol. The molecule has 0 radical (unpaired) electrons. The normalized spacial score (nSPS) is 15.8. The van der Waals surface area contributed by atoms with Crippen molar-refractivity contribution in [1.82, 2.24) is 4.90 Å². The first-order valence-corrected chi connectivity index (χ1v) is 7.59. The summed E-state index contributed by atoms with van der Waals surface area (Å²) < 4.78 is 43.7. The number of benzene rings is 1. The molecule has 1 aliphatic heterocycles. The molecule has 1 aromatic rings. The van der Waals surface area contributed by atoms with Gasteiger partial charge in [-0.3, -0.25) is 9.59 Å². The minimum atomic E-state index is -1.54. The molecule has 0 aromatic heterocycles. The molecule has 0 unspecified atom stereocenters. The first-order valence-electron chi connectivity index (χ1n) is 7.59. The Kier molecular flexibility index (Phi) is 6.00. The van der Waals surface area contributed by atoms with Crippen molar-refractivity contribution in [1.29, 1.82) is 0 Å². The second kappa shape index (κ2) is 7.99. The third kappa shape index (κ3) is 4.59. The lowest BCUT2D eigenvalue weighted by atomic mass is 9.93. The van der Waals surface area contributed by atoms with Crippen molar-refractivity contribution in [2.24, 2.45) is 5.92 Å². The van der Waals surface area contributed by atoms with E-state index in [1.807, 2.05) is 0 Å². The highest BCUT2D eigenvalue weighted by Gasteiger charge is 2.23. The van der Waals surface area contributed by atoms with E-state index in [4.69, 9.17) is 0 Å². The second-order valence-electron chi connectivity index (χ2n) is 5.68. The maximum absolute atomic E-state index is 13.1. The first kappa shape index (κ1) is 18.0. The van der Waals surface area contributed by atoms with E-state index in [0.717, 1.165) is 12.1 Å². The average molecular weight is 341 g/mol. The number of esters is 1. The van der Waals surface area contributed by atoms with Crippen LogP contribution in [0.5, 0.6) is 0 Å². The first-order chi connectivity index (χ1) is 11.4. The molecule has 4 nitrogen and oxygen atoms in total. The van der Waals surface area contributed by atoms with Crippen molar-refractivity contribution < 1.29 is 27.5 Å². The van der Waals surface area contributed by atoms with Gasteiger partial charge in [0.15, 0.2) is 17.5 Å². The summed E-state index contributed by atoms with van der Waals surface area (Å²) in [6, 6.07) is 1.65. The highest BCUT2D eigenvalue weighted by molar-refractivity contribution is 5.91. The predicted octanol–water partition coefficient (Wildman–Crippen LogP) is 2.92. The number of carbonyl (C=O) groups is 2. The number of likely N-dealkylation sites (tertiary alicyclic amines) is 1. The van der Waals surface area contributed by atoms with Crippen LogP contribution in [0.1, 0.15) is 24.8 Å². The monoisotopic (exact) mass is 341 g/mol. The Morgan fingerprint density at radius 1 is 1.21 bits per heavy atom. The molecule has 1 saturated heterocycles. The molecule has 1 aliphatic rings. The van der Waals surface area contributed by atoms with E-state index >= 15 is 0 Å². The quantitative estimate of drug-likeness (QED) is 0.481. The maximum atomic E-state index is 13.1. The third-order valence-electron chi connectivity index (χ3n) is 4.03. The van der Waals surface area contributed by atoms with Crippen LogP contribution in [0.4, 0.5) is 13.2 Å². The summed E-state index contributed by atoms with van der Waals surface area (Å²) in [6.07, 6.45) is 4.16. The van der Waals surface area contributed by atoms with E-state index in [0.29, 0.717) is 32.4 Å². The third-order valence-corrected chi connectivity index (χ3v) is 4.03. The van der Waals surface area contributed by atoms with Crippen LogP contribution in [0.3, 0.4) is 0 Å². The Morgan fingerprint density at radius 3 is 2.33 bits per heavy atom. The van der Waals surface area contributed by atoms with Gasteiger partial charge in [-0.1, -0.05) is 0 Å². The summed E-state index contributed by atoms with van der Waals surface area (Å²) >= 11 is 0. The molecule has 0 aliphatic carbocycles. The fourth-order valence-corrected chi connectivity index (χ4v) is 2.62. The average Bonchev–Trinajstić information content (AvgIpc) is 2.57. The van der Waals surface area contributed by atoms with Gasteiger partial charge in [0, 0.05) is 25.6 Å². The number of amides is 1. The van der Waals surface area contributed by atoms with Gasteiger partial charge in [-0.2, -0.15) is 0 Å². The predicted molar refractivity (Wildman–Crippen MR) is 81.3 cm³/mol. The molecule has 0 saturated carbocycles. The van der Waals surface area contributed by atoms with Crippen LogP contribution < -0.4 is 0 Å². The summed E-state index contributed by atoms with van der Waals surface area (Å²) in [6.45, 7) is 0.994. The molecule has 130 valence electrons. The van der Waals surface area contributed by atoms with Crippen LogP contribution in [-0.2, 0) is 14.3 Å². The lowest BCUT2D eigenvalue weighted by Crippen LogP contribution is -2.38. The summed E-state index contributed by atoms with van der Waals surface area (Å²) in [7, 11) is 1.34. The molecule has 0 spiro atoms. The Hall–Kier alpha value is -2.31. The van der Waals surface area contributed by atoms with Crippen molar-refractivity contribution in [3.05, 3.63) is 41.2 Å². The highest BCUT2D eigenvalue weighted by atomic mass is 19.2. The number of piperidine rings is 1. The number of hydrogen-bond donors (Lipinski definition) is 0. The zero-order valence-electron chi connectivity index (χ0n) is 13.2. The van der Waals surface area contributed by atoms with Gasteiger partial charge in [0.2, 0.25) is 5.91 Å². The van der Waals surface area contributed by atoms with Crippen molar-refractivity contribution >= 4 is 18.0 Å². The number of nitrogens with zero attached hydrogens (tertiary/aromatic N) is 1. The largest absolute Gasteiger partial charge is 0.469 e. The van der Waals surface area contributed by atoms with Crippen molar-refractivity contribution in [3.8, 4) is 0 Å². The summed E-state index contributed by atoms with van der Waals surface area (Å²) in [5.74, 6) is -4.51. The molecule has 0 atom stereocenters. The Morgan fingerprint density at radius 2 is 1.79 bits per heavy atom. The molecule has 1 aromatic carbocycles. The van der Waals surface area contributed by atoms with Gasteiger partial charge in [0.25, 0.3) is 0 Å². The lowest BCUT2D eigenvalue weighted by molar-refractivity contribution is -0.142. The van der Waals surface area contributed by atoms with Crippen LogP contribution in [-0.4, -0.2) is 37.0 Å². The van der Waals surface area contributed by atoms with Crippen LogP contribution >= 0.6 is 0 Å². The minimum absolute atomic E-state index is 0.0697. The number of hydrogen-bond acceptors (Lipinski definition) is 3. The van der Waals surface area contributed by atoms with Gasteiger partial charge in [-0.25, -0.2) is 13.2 Å². The molecule has 1 amide bonds. The summed E-state index contributed by atoms with van der Waals surface area (Å²) in [5, 5.41) is 0. The van der Waals surface area contributed by atoms with Gasteiger partial charge in [0.05, 0.1) is 7.11 Å². The zero-order valence-corrected chi connectivity index (χ0v) is 13.2. The van der Waals surface area contributed by atoms with Crippen LogP contribution in [0.2, 0.25) is 0 Å². The van der Waals surface area contributed by atoms with E-state index in [2.05, 4.69) is 4.74 Å². The van der Waals surface area contributed by atoms with Gasteiger partial charge in [-0.15, -0.1) is 0 Å². The fraction of sp³-hybridized carbons (Fsp3) is 0.412. The van der Waals surface area contributed by atoms with E-state index in [9.17, 15) is 22.8 Å². The van der Waals surface area contributed by atoms with Crippen molar-refractivity contribution in [3.63, 3.8) is 0 Å². The van der Waals surface area contributed by atoms with Gasteiger partial charge < -0.3 is 9.64 Å². The lowest BCUT2D eigenvalue weighted by Gasteiger charge is -2.30. The number of carbonyl (C=O) groups excluding carboxylic acids is 2. The molecule has 24 heavy (non-hydrogen) atoms. The molecule has 2 rings (SSSR count). The van der Waals surface area contributed by atoms with Gasteiger partial charge in [0.1, 0.15) is 0 Å². The number of rotatable bonds is 4. The molecule has 0 N–H and O–H groups in total. The van der Waals surface area contributed by atoms with Crippen molar-refractivity contribution in [2.75, 3.05) is 20.2 Å². The van der Waals surface area contributed by atoms with Crippen LogP contribution in [0.25, 0.3) is 6.08 Å². The Bertz CT molecular complexity index is 629. The molecule has 0 bridgehead atoms. The van der Waals surface area contributed by atoms with Gasteiger partial charge >= 0.3 is 5.97 Å². The number of halogens is 3. The molecular formula is C17H18F3NO3. The Labute approximate surface area is 137 Å². The smallest absolute Gasteiger partial charge is 0.305 e. The SMILES string of the molecule is COC(=O)CC1CCN(C(=O)C=Cc2cc(F)c(F)c(F)c2)CC1. The minimum Gasteiger partial charge on any atom is -0.469 e. The van der Waals surface area contributed by atoms with E-state index in [-0.39, 0.29) is 23.4 Å². The maximum Gasteiger partial charge on any atom is 0.305 e. The topological polar surface area (TPSA) is 46.6 Å². The van der Waals surface area contributed by atoms with E-state index in [1.54, 1.807) is 4.90 Å². The second-order valence-corrected chi connectivity index (χ2v) is 5.68. The molecule has 1 heterocycles. The highest BCUT2D eigenvalue weighted by Crippen LogP contribution is 2.21. The fourth-order valence-electron chi connectivity index (χ4n) is 2.62. The standard InChI is InChI=1S/C17H18F3NO3/c1-24-16(23)10-11-4-6-21(7-5-11)15(22)3-2-12-8-13(18)17(20)14(19)9-12/h2-3,8-9,11H,4-7,10H2,1H3. The van der Waals surface area contributed by atoms with E-state index < -0.39 is 17.5 Å². The Balaban J connectivity index is 1.91. The van der Waals surface area contributed by atoms with Gasteiger partial charge in [-0.05, 0) is 42.5 Å². The zero-order chi connectivity index (χ0) is 17.7. The summed E-state index contributed by atoms with van der Waals surface area (Å²) in [4.78, 5) is 24.9. The van der Waals surface area contributed by atoms with Crippen LogP contribution in [0, 0.1) is 23.4 Å². The number of ether oxygens (including phenoxy) is 1. The molecule has 7 heteroatoms. The molecule has 1 fully saturated rings. The van der Waals surface area contributed by atoms with Crippen molar-refractivity contribution in [2.45, 2.75) is 19.3 Å².